The van der Waals surface area contributed by atoms with Gasteiger partial charge < -0.3 is 15.0 Å². The van der Waals surface area contributed by atoms with Gasteiger partial charge in [0.25, 0.3) is 0 Å². The van der Waals surface area contributed by atoms with Gasteiger partial charge in [-0.25, -0.2) is 0 Å². The Balaban J connectivity index is 1.59. The van der Waals surface area contributed by atoms with Gasteiger partial charge in [-0.1, -0.05) is 29.5 Å². The van der Waals surface area contributed by atoms with Crippen molar-refractivity contribution in [3.8, 4) is 0 Å². The number of hydrogen-bond donors (Lipinski definition) is 1. The molecule has 1 aliphatic heterocycles. The van der Waals surface area contributed by atoms with Crippen LogP contribution < -0.4 is 10.2 Å². The van der Waals surface area contributed by atoms with E-state index in [1.165, 1.54) is 17.3 Å². The number of anilines is 2. The third-order valence-electron chi connectivity index (χ3n) is 3.98. The number of carbonyl (C=O) groups is 1. The van der Waals surface area contributed by atoms with E-state index in [9.17, 15) is 4.79 Å². The maximum absolute atomic E-state index is 12.2. The van der Waals surface area contributed by atoms with Crippen molar-refractivity contribution >= 4 is 29.3 Å². The van der Waals surface area contributed by atoms with E-state index >= 15 is 0 Å². The van der Waals surface area contributed by atoms with Gasteiger partial charge in [-0.05, 0) is 26.0 Å². The molecule has 0 saturated carbocycles. The highest BCUT2D eigenvalue weighted by Crippen LogP contribution is 2.23. The number of nitrogens with zero attached hydrogens (tertiary/aromatic N) is 4. The zero-order valence-electron chi connectivity index (χ0n) is 14.6. The predicted octanol–water partition coefficient (Wildman–Crippen LogP) is 2.17. The SMILES string of the molecule is CCn1c(SCC(=O)Nc2ccc(C)cc2)nnc1N1CCOCC1. The summed E-state index contributed by atoms with van der Waals surface area (Å²) in [5.74, 6) is 1.11. The Morgan fingerprint density at radius 1 is 1.24 bits per heavy atom. The summed E-state index contributed by atoms with van der Waals surface area (Å²) in [5, 5.41) is 12.2. The molecular formula is C17H23N5O2S. The van der Waals surface area contributed by atoms with Crippen molar-refractivity contribution < 1.29 is 9.53 Å². The molecule has 1 aromatic carbocycles. The largest absolute Gasteiger partial charge is 0.378 e. The van der Waals surface area contributed by atoms with E-state index in [1.807, 2.05) is 31.2 Å². The van der Waals surface area contributed by atoms with Crippen LogP contribution in [0.3, 0.4) is 0 Å². The minimum absolute atomic E-state index is 0.0487. The lowest BCUT2D eigenvalue weighted by Gasteiger charge is -2.27. The lowest BCUT2D eigenvalue weighted by Crippen LogP contribution is -2.38. The lowest BCUT2D eigenvalue weighted by molar-refractivity contribution is -0.113. The molecule has 7 nitrogen and oxygen atoms in total. The lowest BCUT2D eigenvalue weighted by atomic mass is 10.2. The Hall–Kier alpha value is -2.06. The first-order valence-electron chi connectivity index (χ1n) is 8.42. The van der Waals surface area contributed by atoms with Crippen molar-refractivity contribution in [2.75, 3.05) is 42.3 Å². The Bertz CT molecular complexity index is 710. The summed E-state index contributed by atoms with van der Waals surface area (Å²) in [5.41, 5.74) is 1.97. The van der Waals surface area contributed by atoms with Crippen LogP contribution in [0.15, 0.2) is 29.4 Å². The first-order valence-corrected chi connectivity index (χ1v) is 9.41. The van der Waals surface area contributed by atoms with E-state index in [-0.39, 0.29) is 5.91 Å². The fraction of sp³-hybridized carbons (Fsp3) is 0.471. The number of benzene rings is 1. The van der Waals surface area contributed by atoms with Crippen LogP contribution in [0.2, 0.25) is 0 Å². The molecule has 1 amide bonds. The van der Waals surface area contributed by atoms with Crippen molar-refractivity contribution in [2.24, 2.45) is 0 Å². The number of carbonyl (C=O) groups excluding carboxylic acids is 1. The molecule has 1 saturated heterocycles. The van der Waals surface area contributed by atoms with E-state index in [2.05, 4.69) is 31.9 Å². The minimum Gasteiger partial charge on any atom is -0.378 e. The van der Waals surface area contributed by atoms with Crippen molar-refractivity contribution in [3.05, 3.63) is 29.8 Å². The van der Waals surface area contributed by atoms with E-state index in [0.29, 0.717) is 19.0 Å². The summed E-state index contributed by atoms with van der Waals surface area (Å²) in [4.78, 5) is 14.3. The quantitative estimate of drug-likeness (QED) is 0.795. The van der Waals surface area contributed by atoms with Crippen molar-refractivity contribution in [1.29, 1.82) is 0 Å². The summed E-state index contributed by atoms with van der Waals surface area (Å²) in [6, 6.07) is 7.77. The first-order chi connectivity index (χ1) is 12.2. The highest BCUT2D eigenvalue weighted by Gasteiger charge is 2.20. The van der Waals surface area contributed by atoms with E-state index in [4.69, 9.17) is 4.74 Å². The molecule has 134 valence electrons. The molecule has 1 aromatic heterocycles. The molecule has 1 aliphatic rings. The highest BCUT2D eigenvalue weighted by molar-refractivity contribution is 7.99. The van der Waals surface area contributed by atoms with Crippen LogP contribution in [0, 0.1) is 6.92 Å². The van der Waals surface area contributed by atoms with Gasteiger partial charge in [0.1, 0.15) is 0 Å². The molecule has 0 unspecified atom stereocenters. The van der Waals surface area contributed by atoms with Crippen LogP contribution in [-0.2, 0) is 16.1 Å². The van der Waals surface area contributed by atoms with Gasteiger partial charge in [0.15, 0.2) is 5.16 Å². The molecule has 0 atom stereocenters. The van der Waals surface area contributed by atoms with E-state index < -0.39 is 0 Å². The number of aromatic nitrogens is 3. The van der Waals surface area contributed by atoms with Crippen LogP contribution in [0.1, 0.15) is 12.5 Å². The molecule has 8 heteroatoms. The van der Waals surface area contributed by atoms with E-state index in [0.717, 1.165) is 36.4 Å². The van der Waals surface area contributed by atoms with Crippen LogP contribution in [0.4, 0.5) is 11.6 Å². The second-order valence-electron chi connectivity index (χ2n) is 5.83. The molecule has 0 aliphatic carbocycles. The number of nitrogens with one attached hydrogen (secondary N) is 1. The molecule has 3 rings (SSSR count). The second-order valence-corrected chi connectivity index (χ2v) is 6.77. The number of aryl methyl sites for hydroxylation is 1. The Labute approximate surface area is 151 Å². The van der Waals surface area contributed by atoms with Crippen LogP contribution >= 0.6 is 11.8 Å². The molecule has 0 bridgehead atoms. The second kappa shape index (κ2) is 8.35. The summed E-state index contributed by atoms with van der Waals surface area (Å²) in [6.45, 7) is 7.89. The molecule has 2 aromatic rings. The number of thioether (sulfide) groups is 1. The summed E-state index contributed by atoms with van der Waals surface area (Å²) in [6.07, 6.45) is 0. The normalized spacial score (nSPS) is 14.6. The molecule has 0 radical (unpaired) electrons. The van der Waals surface area contributed by atoms with Crippen LogP contribution in [0.25, 0.3) is 0 Å². The van der Waals surface area contributed by atoms with Gasteiger partial charge in [0.05, 0.1) is 19.0 Å². The number of amides is 1. The zero-order chi connectivity index (χ0) is 17.6. The number of ether oxygens (including phenoxy) is 1. The number of morpholine rings is 1. The van der Waals surface area contributed by atoms with Crippen molar-refractivity contribution in [2.45, 2.75) is 25.5 Å². The van der Waals surface area contributed by atoms with Gasteiger partial charge in [0.2, 0.25) is 11.9 Å². The number of hydrogen-bond acceptors (Lipinski definition) is 6. The van der Waals surface area contributed by atoms with Crippen molar-refractivity contribution in [3.63, 3.8) is 0 Å². The molecular weight excluding hydrogens is 338 g/mol. The van der Waals surface area contributed by atoms with Gasteiger partial charge >= 0.3 is 0 Å². The molecule has 25 heavy (non-hydrogen) atoms. The standard InChI is InChI=1S/C17H23N5O2S/c1-3-22-16(21-8-10-24-11-9-21)19-20-17(22)25-12-15(23)18-14-6-4-13(2)5-7-14/h4-7H,3,8-12H2,1-2H3,(H,18,23). The van der Waals surface area contributed by atoms with Gasteiger partial charge in [-0.2, -0.15) is 0 Å². The molecule has 2 heterocycles. The minimum atomic E-state index is -0.0487. The van der Waals surface area contributed by atoms with Crippen LogP contribution in [-0.4, -0.2) is 52.7 Å². The Kier molecular flexibility index (Phi) is 5.93. The maximum Gasteiger partial charge on any atom is 0.234 e. The average molecular weight is 361 g/mol. The first kappa shape index (κ1) is 17.8. The molecule has 1 fully saturated rings. The third kappa shape index (κ3) is 4.52. The average Bonchev–Trinajstić information content (AvgIpc) is 3.05. The zero-order valence-corrected chi connectivity index (χ0v) is 15.4. The number of rotatable bonds is 6. The third-order valence-corrected chi connectivity index (χ3v) is 4.94. The highest BCUT2D eigenvalue weighted by atomic mass is 32.2. The summed E-state index contributed by atoms with van der Waals surface area (Å²) >= 11 is 1.41. The van der Waals surface area contributed by atoms with Gasteiger partial charge in [0, 0.05) is 25.3 Å². The summed E-state index contributed by atoms with van der Waals surface area (Å²) in [7, 11) is 0. The molecule has 1 N–H and O–H groups in total. The Morgan fingerprint density at radius 3 is 2.64 bits per heavy atom. The fourth-order valence-corrected chi connectivity index (χ4v) is 3.42. The van der Waals surface area contributed by atoms with E-state index in [1.54, 1.807) is 0 Å². The predicted molar refractivity (Wildman–Crippen MR) is 99.3 cm³/mol. The monoisotopic (exact) mass is 361 g/mol. The van der Waals surface area contributed by atoms with Gasteiger partial charge in [-0.15, -0.1) is 10.2 Å². The maximum atomic E-state index is 12.2. The molecule has 0 spiro atoms. The van der Waals surface area contributed by atoms with Crippen molar-refractivity contribution in [1.82, 2.24) is 14.8 Å². The van der Waals surface area contributed by atoms with Crippen LogP contribution in [0.5, 0.6) is 0 Å². The Morgan fingerprint density at radius 2 is 1.96 bits per heavy atom. The topological polar surface area (TPSA) is 72.3 Å². The van der Waals surface area contributed by atoms with Gasteiger partial charge in [-0.3, -0.25) is 9.36 Å². The fourth-order valence-electron chi connectivity index (χ4n) is 2.63. The smallest absolute Gasteiger partial charge is 0.234 e. The summed E-state index contributed by atoms with van der Waals surface area (Å²) < 4.78 is 7.44.